The van der Waals surface area contributed by atoms with E-state index in [0.717, 1.165) is 23.1 Å². The van der Waals surface area contributed by atoms with Gasteiger partial charge in [0.1, 0.15) is 0 Å². The Morgan fingerprint density at radius 3 is 2.77 bits per heavy atom. The Labute approximate surface area is 95.6 Å². The summed E-state index contributed by atoms with van der Waals surface area (Å²) in [5.74, 6) is 0.925. The van der Waals surface area contributed by atoms with Crippen LogP contribution in [0.4, 0.5) is 0 Å². The average Bonchev–Trinajstić information content (AvgIpc) is 2.14. The number of alkyl halides is 1. The van der Waals surface area contributed by atoms with Crippen molar-refractivity contribution in [2.75, 3.05) is 26.3 Å². The van der Waals surface area contributed by atoms with Crippen LogP contribution >= 0.6 is 22.6 Å². The zero-order valence-electron chi connectivity index (χ0n) is 8.72. The van der Waals surface area contributed by atoms with E-state index in [1.165, 1.54) is 25.9 Å². The summed E-state index contributed by atoms with van der Waals surface area (Å²) in [5, 5.41) is 3.41. The third-order valence-corrected chi connectivity index (χ3v) is 3.63. The molecule has 0 aromatic heterocycles. The Hall–Kier alpha value is 0.650. The van der Waals surface area contributed by atoms with Crippen molar-refractivity contribution in [3.05, 3.63) is 0 Å². The van der Waals surface area contributed by atoms with Crippen LogP contribution in [0.2, 0.25) is 0 Å². The molecule has 13 heavy (non-hydrogen) atoms. The molecule has 0 saturated carbocycles. The lowest BCUT2D eigenvalue weighted by atomic mass is 9.96. The van der Waals surface area contributed by atoms with Crippen molar-refractivity contribution in [2.24, 2.45) is 5.92 Å². The number of rotatable bonds is 4. The molecule has 0 radical (unpaired) electrons. The molecule has 0 aromatic carbocycles. The van der Waals surface area contributed by atoms with Gasteiger partial charge in [-0.25, -0.2) is 0 Å². The minimum Gasteiger partial charge on any atom is -0.305 e. The van der Waals surface area contributed by atoms with Gasteiger partial charge in [-0.2, -0.15) is 0 Å². The molecule has 0 bridgehead atoms. The number of nitrogens with one attached hydrogen (secondary N) is 1. The molecule has 2 atom stereocenters. The first-order valence-electron chi connectivity index (χ1n) is 5.33. The zero-order chi connectivity index (χ0) is 9.68. The minimum absolute atomic E-state index is 0.856. The maximum Gasteiger partial charge on any atom is 0.0480 e. The summed E-state index contributed by atoms with van der Waals surface area (Å²) < 4.78 is 0.856. The summed E-state index contributed by atoms with van der Waals surface area (Å²) in [5.41, 5.74) is 0. The molecular weight excluding hydrogens is 275 g/mol. The van der Waals surface area contributed by atoms with Gasteiger partial charge in [0, 0.05) is 23.7 Å². The summed E-state index contributed by atoms with van der Waals surface area (Å²) >= 11 is 2.59. The maximum atomic E-state index is 3.41. The third-order valence-electron chi connectivity index (χ3n) is 2.72. The van der Waals surface area contributed by atoms with Crippen LogP contribution in [0.3, 0.4) is 0 Å². The standard InChI is InChI=1S/C10H21IN2/c1-3-9-5-10(11)7-13(6-9)8-12-4-2/h9-10,12H,3-8H2,1-2H3. The van der Waals surface area contributed by atoms with Gasteiger partial charge in [0.25, 0.3) is 0 Å². The van der Waals surface area contributed by atoms with E-state index in [4.69, 9.17) is 0 Å². The van der Waals surface area contributed by atoms with Crippen molar-refractivity contribution >= 4 is 22.6 Å². The van der Waals surface area contributed by atoms with Gasteiger partial charge in [0.2, 0.25) is 0 Å². The van der Waals surface area contributed by atoms with Crippen LogP contribution in [0.15, 0.2) is 0 Å². The van der Waals surface area contributed by atoms with Gasteiger partial charge in [-0.05, 0) is 18.9 Å². The van der Waals surface area contributed by atoms with Crippen molar-refractivity contribution in [3.8, 4) is 0 Å². The smallest absolute Gasteiger partial charge is 0.0480 e. The molecule has 1 aliphatic rings. The lowest BCUT2D eigenvalue weighted by molar-refractivity contribution is 0.170. The van der Waals surface area contributed by atoms with Gasteiger partial charge < -0.3 is 5.32 Å². The molecule has 1 aliphatic heterocycles. The summed E-state index contributed by atoms with van der Waals surface area (Å²) in [6, 6.07) is 0. The Morgan fingerprint density at radius 2 is 2.15 bits per heavy atom. The lowest BCUT2D eigenvalue weighted by Crippen LogP contribution is -2.45. The average molecular weight is 296 g/mol. The quantitative estimate of drug-likeness (QED) is 0.631. The van der Waals surface area contributed by atoms with Gasteiger partial charge in [-0.3, -0.25) is 4.90 Å². The normalized spacial score (nSPS) is 30.7. The highest BCUT2D eigenvalue weighted by molar-refractivity contribution is 14.1. The van der Waals surface area contributed by atoms with Crippen LogP contribution in [-0.2, 0) is 0 Å². The van der Waals surface area contributed by atoms with Crippen molar-refractivity contribution in [1.29, 1.82) is 0 Å². The van der Waals surface area contributed by atoms with Crippen LogP contribution in [0.5, 0.6) is 0 Å². The summed E-state index contributed by atoms with van der Waals surface area (Å²) in [7, 11) is 0. The van der Waals surface area contributed by atoms with E-state index in [0.29, 0.717) is 0 Å². The summed E-state index contributed by atoms with van der Waals surface area (Å²) in [6.45, 7) is 9.20. The second kappa shape index (κ2) is 6.19. The van der Waals surface area contributed by atoms with Gasteiger partial charge in [-0.15, -0.1) is 0 Å². The number of halogens is 1. The number of likely N-dealkylation sites (tertiary alicyclic amines) is 1. The monoisotopic (exact) mass is 296 g/mol. The Morgan fingerprint density at radius 1 is 1.38 bits per heavy atom. The fraction of sp³-hybridized carbons (Fsp3) is 1.00. The Kier molecular flexibility index (Phi) is 5.58. The van der Waals surface area contributed by atoms with E-state index >= 15 is 0 Å². The SMILES string of the molecule is CCNCN1CC(I)CC(CC)C1. The molecule has 2 nitrogen and oxygen atoms in total. The summed E-state index contributed by atoms with van der Waals surface area (Å²) in [4.78, 5) is 2.55. The lowest BCUT2D eigenvalue weighted by Gasteiger charge is -2.35. The van der Waals surface area contributed by atoms with Crippen LogP contribution in [0.1, 0.15) is 26.7 Å². The number of hydrogen-bond acceptors (Lipinski definition) is 2. The molecule has 2 unspecified atom stereocenters. The number of nitrogens with zero attached hydrogens (tertiary/aromatic N) is 1. The fourth-order valence-electron chi connectivity index (χ4n) is 1.93. The van der Waals surface area contributed by atoms with E-state index in [-0.39, 0.29) is 0 Å². The van der Waals surface area contributed by atoms with E-state index in [1.54, 1.807) is 0 Å². The molecule has 1 saturated heterocycles. The van der Waals surface area contributed by atoms with Crippen molar-refractivity contribution in [1.82, 2.24) is 10.2 Å². The van der Waals surface area contributed by atoms with Gasteiger partial charge in [-0.1, -0.05) is 42.9 Å². The van der Waals surface area contributed by atoms with Crippen LogP contribution in [-0.4, -0.2) is 35.1 Å². The zero-order valence-corrected chi connectivity index (χ0v) is 10.9. The first-order chi connectivity index (χ1) is 6.26. The predicted molar refractivity (Wildman–Crippen MR) is 66.3 cm³/mol. The largest absolute Gasteiger partial charge is 0.305 e. The fourth-order valence-corrected chi connectivity index (χ4v) is 3.20. The molecule has 78 valence electrons. The number of hydrogen-bond donors (Lipinski definition) is 1. The van der Waals surface area contributed by atoms with Crippen molar-refractivity contribution in [3.63, 3.8) is 0 Å². The van der Waals surface area contributed by atoms with E-state index in [2.05, 4.69) is 46.7 Å². The highest BCUT2D eigenvalue weighted by atomic mass is 127. The predicted octanol–water partition coefficient (Wildman–Crippen LogP) is 2.09. The highest BCUT2D eigenvalue weighted by Gasteiger charge is 2.23. The van der Waals surface area contributed by atoms with E-state index < -0.39 is 0 Å². The number of piperidine rings is 1. The first kappa shape index (κ1) is 11.7. The van der Waals surface area contributed by atoms with Crippen LogP contribution in [0.25, 0.3) is 0 Å². The molecule has 1 rings (SSSR count). The first-order valence-corrected chi connectivity index (χ1v) is 6.58. The molecule has 0 spiro atoms. The van der Waals surface area contributed by atoms with Crippen molar-refractivity contribution < 1.29 is 0 Å². The summed E-state index contributed by atoms with van der Waals surface area (Å²) in [6.07, 6.45) is 2.75. The van der Waals surface area contributed by atoms with Crippen molar-refractivity contribution in [2.45, 2.75) is 30.6 Å². The molecule has 0 aliphatic carbocycles. The molecule has 1 N–H and O–H groups in total. The van der Waals surface area contributed by atoms with Crippen LogP contribution in [0, 0.1) is 5.92 Å². The second-order valence-electron chi connectivity index (χ2n) is 3.90. The topological polar surface area (TPSA) is 15.3 Å². The van der Waals surface area contributed by atoms with E-state index in [9.17, 15) is 0 Å². The second-order valence-corrected chi connectivity index (χ2v) is 5.67. The molecule has 3 heteroatoms. The van der Waals surface area contributed by atoms with Gasteiger partial charge in [0.15, 0.2) is 0 Å². The molecule has 1 fully saturated rings. The van der Waals surface area contributed by atoms with E-state index in [1.807, 2.05) is 0 Å². The van der Waals surface area contributed by atoms with Gasteiger partial charge >= 0.3 is 0 Å². The molecule has 1 heterocycles. The highest BCUT2D eigenvalue weighted by Crippen LogP contribution is 2.23. The van der Waals surface area contributed by atoms with Gasteiger partial charge in [0.05, 0.1) is 0 Å². The van der Waals surface area contributed by atoms with Crippen LogP contribution < -0.4 is 5.32 Å². The Bertz CT molecular complexity index is 141. The maximum absolute atomic E-state index is 3.41. The Balaban J connectivity index is 2.29. The molecular formula is C10H21IN2. The third kappa shape index (κ3) is 4.13. The molecule has 0 aromatic rings. The molecule has 0 amide bonds. The minimum atomic E-state index is 0.856.